The largest absolute Gasteiger partial charge is 0.392 e. The highest BCUT2D eigenvalue weighted by atomic mass is 16.5. The highest BCUT2D eigenvalue weighted by Gasteiger charge is 2.30. The molecule has 5 nitrogen and oxygen atoms in total. The number of hydrogen-bond acceptors (Lipinski definition) is 5. The number of likely N-dealkylation sites (tertiary alicyclic amines) is 1. The predicted molar refractivity (Wildman–Crippen MR) is 91.1 cm³/mol. The van der Waals surface area contributed by atoms with E-state index in [4.69, 9.17) is 4.74 Å². The number of hydrogen-bond donors (Lipinski definition) is 2. The first-order valence-corrected chi connectivity index (χ1v) is 8.29. The lowest BCUT2D eigenvalue weighted by Crippen LogP contribution is -2.37. The molecule has 0 amide bonds. The molecule has 0 bridgehead atoms. The van der Waals surface area contributed by atoms with Crippen LogP contribution in [0.4, 0.5) is 5.82 Å². The first-order valence-electron chi connectivity index (χ1n) is 8.29. The van der Waals surface area contributed by atoms with E-state index in [0.29, 0.717) is 19.2 Å². The van der Waals surface area contributed by atoms with E-state index in [1.807, 2.05) is 18.2 Å². The molecule has 1 unspecified atom stereocenters. The molecule has 23 heavy (non-hydrogen) atoms. The molecule has 1 aromatic rings. The van der Waals surface area contributed by atoms with Crippen molar-refractivity contribution in [3.05, 3.63) is 48.7 Å². The summed E-state index contributed by atoms with van der Waals surface area (Å²) < 4.78 is 5.87. The Bertz CT molecular complexity index is 532. The van der Waals surface area contributed by atoms with Gasteiger partial charge in [-0.05, 0) is 25.0 Å². The van der Waals surface area contributed by atoms with Gasteiger partial charge < -0.3 is 15.2 Å². The molecule has 3 atom stereocenters. The Kier molecular flexibility index (Phi) is 5.80. The fourth-order valence-corrected chi connectivity index (χ4v) is 3.09. The molecule has 1 fully saturated rings. The SMILES string of the molecule is O[C@@H]1C[C@@H](CNc2ccccn2)N(COCC2C=CC=CC2)C1. The van der Waals surface area contributed by atoms with E-state index in [0.717, 1.165) is 31.8 Å². The van der Waals surface area contributed by atoms with Gasteiger partial charge in [0.25, 0.3) is 0 Å². The Morgan fingerprint density at radius 3 is 3.09 bits per heavy atom. The summed E-state index contributed by atoms with van der Waals surface area (Å²) in [4.78, 5) is 6.48. The van der Waals surface area contributed by atoms with E-state index in [2.05, 4.69) is 39.5 Å². The molecular formula is C18H25N3O2. The first kappa shape index (κ1) is 16.2. The van der Waals surface area contributed by atoms with Crippen molar-refractivity contribution in [2.45, 2.75) is 25.0 Å². The zero-order valence-corrected chi connectivity index (χ0v) is 13.3. The lowest BCUT2D eigenvalue weighted by atomic mass is 10.0. The number of aliphatic hydroxyl groups excluding tert-OH is 1. The maximum absolute atomic E-state index is 9.95. The number of allylic oxidation sites excluding steroid dienone is 3. The van der Waals surface area contributed by atoms with Gasteiger partial charge in [0.15, 0.2) is 0 Å². The van der Waals surface area contributed by atoms with Gasteiger partial charge in [0, 0.05) is 31.2 Å². The molecular weight excluding hydrogens is 290 g/mol. The lowest BCUT2D eigenvalue weighted by Gasteiger charge is -2.25. The Balaban J connectivity index is 1.43. The Morgan fingerprint density at radius 2 is 2.30 bits per heavy atom. The van der Waals surface area contributed by atoms with Crippen molar-refractivity contribution in [1.82, 2.24) is 9.88 Å². The van der Waals surface area contributed by atoms with Crippen LogP contribution in [0.25, 0.3) is 0 Å². The first-order chi connectivity index (χ1) is 11.3. The van der Waals surface area contributed by atoms with Crippen molar-refractivity contribution < 1.29 is 9.84 Å². The molecule has 2 N–H and O–H groups in total. The topological polar surface area (TPSA) is 57.6 Å². The minimum Gasteiger partial charge on any atom is -0.392 e. The summed E-state index contributed by atoms with van der Waals surface area (Å²) in [6, 6.07) is 6.09. The van der Waals surface area contributed by atoms with Gasteiger partial charge in [-0.2, -0.15) is 0 Å². The quantitative estimate of drug-likeness (QED) is 0.806. The molecule has 0 radical (unpaired) electrons. The minimum atomic E-state index is -0.272. The number of aromatic nitrogens is 1. The summed E-state index contributed by atoms with van der Waals surface area (Å²) in [5, 5.41) is 13.3. The molecule has 2 aliphatic rings. The summed E-state index contributed by atoms with van der Waals surface area (Å²) in [5.41, 5.74) is 0. The molecule has 1 aromatic heterocycles. The number of pyridine rings is 1. The van der Waals surface area contributed by atoms with Gasteiger partial charge in [0.1, 0.15) is 5.82 Å². The Labute approximate surface area is 137 Å². The smallest absolute Gasteiger partial charge is 0.125 e. The van der Waals surface area contributed by atoms with Crippen molar-refractivity contribution in [3.63, 3.8) is 0 Å². The minimum absolute atomic E-state index is 0.272. The van der Waals surface area contributed by atoms with Crippen LogP contribution < -0.4 is 5.32 Å². The average molecular weight is 315 g/mol. The zero-order valence-electron chi connectivity index (χ0n) is 13.3. The third kappa shape index (κ3) is 4.89. The van der Waals surface area contributed by atoms with E-state index in [9.17, 15) is 5.11 Å². The van der Waals surface area contributed by atoms with Crippen molar-refractivity contribution >= 4 is 5.82 Å². The molecule has 1 aliphatic carbocycles. The molecule has 5 heteroatoms. The van der Waals surface area contributed by atoms with E-state index >= 15 is 0 Å². The summed E-state index contributed by atoms with van der Waals surface area (Å²) in [5.74, 6) is 1.34. The van der Waals surface area contributed by atoms with Crippen molar-refractivity contribution in [2.24, 2.45) is 5.92 Å². The second kappa shape index (κ2) is 8.24. The number of β-amino-alcohol motifs (C(OH)–C–C–N with tert-alkyl or cyclic N) is 1. The monoisotopic (exact) mass is 315 g/mol. The Morgan fingerprint density at radius 1 is 1.35 bits per heavy atom. The molecule has 124 valence electrons. The molecule has 1 aliphatic heterocycles. The van der Waals surface area contributed by atoms with Crippen LogP contribution in [0, 0.1) is 5.92 Å². The van der Waals surface area contributed by atoms with E-state index in [-0.39, 0.29) is 12.1 Å². The van der Waals surface area contributed by atoms with Gasteiger partial charge in [-0.25, -0.2) is 4.98 Å². The summed E-state index contributed by atoms with van der Waals surface area (Å²) in [7, 11) is 0. The standard InChI is InChI=1S/C18H25N3O2/c22-17-10-16(11-20-18-8-4-5-9-19-18)21(12-17)14-23-13-15-6-2-1-3-7-15/h1-6,8-9,15-17,22H,7,10-14H2,(H,19,20)/t15?,16-,17+/m0/s1. The summed E-state index contributed by atoms with van der Waals surface area (Å²) in [6.07, 6.45) is 11.8. The average Bonchev–Trinajstić information content (AvgIpc) is 2.95. The van der Waals surface area contributed by atoms with Gasteiger partial charge in [-0.1, -0.05) is 30.4 Å². The van der Waals surface area contributed by atoms with E-state index in [1.165, 1.54) is 0 Å². The summed E-state index contributed by atoms with van der Waals surface area (Å²) >= 11 is 0. The van der Waals surface area contributed by atoms with Crippen molar-refractivity contribution in [1.29, 1.82) is 0 Å². The molecule has 1 saturated heterocycles. The van der Waals surface area contributed by atoms with Gasteiger partial charge in [0.2, 0.25) is 0 Å². The number of nitrogens with zero attached hydrogens (tertiary/aromatic N) is 2. The normalized spacial score (nSPS) is 27.4. The van der Waals surface area contributed by atoms with Crippen LogP contribution in [0.2, 0.25) is 0 Å². The fraction of sp³-hybridized carbons (Fsp3) is 0.500. The van der Waals surface area contributed by atoms with Gasteiger partial charge >= 0.3 is 0 Å². The maximum atomic E-state index is 9.95. The summed E-state index contributed by atoms with van der Waals surface area (Å²) in [6.45, 7) is 2.74. The van der Waals surface area contributed by atoms with Crippen LogP contribution in [0.5, 0.6) is 0 Å². The maximum Gasteiger partial charge on any atom is 0.125 e. The van der Waals surface area contributed by atoms with Crippen LogP contribution in [0.15, 0.2) is 48.7 Å². The number of aliphatic hydroxyl groups is 1. The highest BCUT2D eigenvalue weighted by Crippen LogP contribution is 2.19. The number of ether oxygens (including phenoxy) is 1. The molecule has 3 rings (SSSR count). The third-order valence-electron chi connectivity index (χ3n) is 4.35. The Hall–Kier alpha value is -1.69. The van der Waals surface area contributed by atoms with Crippen molar-refractivity contribution in [2.75, 3.05) is 31.7 Å². The lowest BCUT2D eigenvalue weighted by molar-refractivity contribution is 0.00921. The van der Waals surface area contributed by atoms with Gasteiger partial charge in [-0.15, -0.1) is 0 Å². The third-order valence-corrected chi connectivity index (χ3v) is 4.35. The fourth-order valence-electron chi connectivity index (χ4n) is 3.09. The second-order valence-electron chi connectivity index (χ2n) is 6.22. The van der Waals surface area contributed by atoms with E-state index < -0.39 is 0 Å². The number of rotatable bonds is 7. The van der Waals surface area contributed by atoms with E-state index in [1.54, 1.807) is 6.20 Å². The van der Waals surface area contributed by atoms with Crippen molar-refractivity contribution in [3.8, 4) is 0 Å². The number of nitrogens with one attached hydrogen (secondary N) is 1. The zero-order chi connectivity index (χ0) is 15.9. The number of anilines is 1. The van der Waals surface area contributed by atoms with Crippen LogP contribution in [-0.4, -0.2) is 53.6 Å². The molecule has 2 heterocycles. The predicted octanol–water partition coefficient (Wildman–Crippen LogP) is 2.04. The second-order valence-corrected chi connectivity index (χ2v) is 6.22. The van der Waals surface area contributed by atoms with Gasteiger partial charge in [0.05, 0.1) is 19.4 Å². The van der Waals surface area contributed by atoms with Crippen LogP contribution in [0.1, 0.15) is 12.8 Å². The van der Waals surface area contributed by atoms with Crippen LogP contribution >= 0.6 is 0 Å². The van der Waals surface area contributed by atoms with Crippen LogP contribution in [0.3, 0.4) is 0 Å². The molecule has 0 saturated carbocycles. The molecule has 0 spiro atoms. The highest BCUT2D eigenvalue weighted by molar-refractivity contribution is 5.33. The van der Waals surface area contributed by atoms with Gasteiger partial charge in [-0.3, -0.25) is 4.90 Å². The molecule has 0 aromatic carbocycles. The van der Waals surface area contributed by atoms with Crippen LogP contribution in [-0.2, 0) is 4.74 Å².